The second-order valence-corrected chi connectivity index (χ2v) is 4.83. The lowest BCUT2D eigenvalue weighted by Gasteiger charge is -2.07. The van der Waals surface area contributed by atoms with E-state index in [4.69, 9.17) is 9.78 Å². The average Bonchev–Trinajstić information content (AvgIpc) is 2.28. The first-order valence-corrected chi connectivity index (χ1v) is 5.94. The van der Waals surface area contributed by atoms with Gasteiger partial charge in [-0.1, -0.05) is 39.8 Å². The lowest BCUT2D eigenvalue weighted by atomic mass is 10.0. The fraction of sp³-hybridized carbons (Fsp3) is 0.500. The zero-order valence-electron chi connectivity index (χ0n) is 10.9. The largest absolute Gasteiger partial charge is 0.373 e. The molecule has 1 aromatic carbocycles. The van der Waals surface area contributed by atoms with E-state index in [0.717, 1.165) is 0 Å². The van der Waals surface area contributed by atoms with Crippen molar-refractivity contribution in [3.05, 3.63) is 35.4 Å². The Labute approximate surface area is 103 Å². The first kappa shape index (κ1) is 13.7. The molecule has 0 aliphatic rings. The third-order valence-corrected chi connectivity index (χ3v) is 2.35. The van der Waals surface area contributed by atoms with Crippen molar-refractivity contribution in [2.75, 3.05) is 6.61 Å². The van der Waals surface area contributed by atoms with Gasteiger partial charge in [-0.3, -0.25) is 4.89 Å². The minimum absolute atomic E-state index is 0.339. The Bertz CT molecular complexity index is 352. The number of carbonyl (C=O) groups excluding carboxylic acids is 1. The molecule has 0 heterocycles. The molecule has 0 aliphatic heterocycles. The summed E-state index contributed by atoms with van der Waals surface area (Å²) in [5.74, 6) is 0.351. The van der Waals surface area contributed by atoms with Crippen LogP contribution in [0.1, 0.15) is 49.5 Å². The topological polar surface area (TPSA) is 35.5 Å². The van der Waals surface area contributed by atoms with E-state index in [0.29, 0.717) is 24.0 Å². The van der Waals surface area contributed by atoms with Gasteiger partial charge >= 0.3 is 5.97 Å². The standard InChI is InChI=1S/C14H20O3/c1-10(2)9-16-17-14(15)13-7-5-12(6-8-13)11(3)4/h5-8,10-11H,9H2,1-4H3. The smallest absolute Gasteiger partial charge is 0.293 e. The molecule has 0 radical (unpaired) electrons. The van der Waals surface area contributed by atoms with E-state index in [1.807, 2.05) is 26.0 Å². The van der Waals surface area contributed by atoms with Crippen molar-refractivity contribution in [3.63, 3.8) is 0 Å². The monoisotopic (exact) mass is 236 g/mol. The Morgan fingerprint density at radius 2 is 1.71 bits per heavy atom. The third kappa shape index (κ3) is 4.57. The number of rotatable bonds is 5. The fourth-order valence-corrected chi connectivity index (χ4v) is 1.28. The van der Waals surface area contributed by atoms with Gasteiger partial charge in [0, 0.05) is 0 Å². The highest BCUT2D eigenvalue weighted by atomic mass is 17.2. The normalized spacial score (nSPS) is 10.9. The quantitative estimate of drug-likeness (QED) is 0.579. The molecule has 94 valence electrons. The van der Waals surface area contributed by atoms with Gasteiger partial charge in [-0.15, -0.1) is 0 Å². The Balaban J connectivity index is 2.52. The van der Waals surface area contributed by atoms with Crippen molar-refractivity contribution < 1.29 is 14.6 Å². The van der Waals surface area contributed by atoms with Crippen LogP contribution in [0.4, 0.5) is 0 Å². The van der Waals surface area contributed by atoms with Crippen molar-refractivity contribution in [2.24, 2.45) is 5.92 Å². The molecule has 0 aromatic heterocycles. The molecule has 0 saturated carbocycles. The number of benzene rings is 1. The number of carbonyl (C=O) groups is 1. The molecular weight excluding hydrogens is 216 g/mol. The molecule has 3 nitrogen and oxygen atoms in total. The Morgan fingerprint density at radius 3 is 2.18 bits per heavy atom. The van der Waals surface area contributed by atoms with Gasteiger partial charge in [-0.2, -0.15) is 4.89 Å². The molecule has 0 amide bonds. The number of hydrogen-bond acceptors (Lipinski definition) is 3. The molecule has 1 rings (SSSR count). The van der Waals surface area contributed by atoms with E-state index in [9.17, 15) is 4.79 Å². The van der Waals surface area contributed by atoms with Crippen LogP contribution in [0, 0.1) is 5.92 Å². The van der Waals surface area contributed by atoms with Crippen molar-refractivity contribution in [1.82, 2.24) is 0 Å². The molecule has 0 spiro atoms. The van der Waals surface area contributed by atoms with Crippen molar-refractivity contribution >= 4 is 5.97 Å². The van der Waals surface area contributed by atoms with Crippen LogP contribution in [0.25, 0.3) is 0 Å². The molecule has 0 saturated heterocycles. The molecule has 3 heteroatoms. The molecule has 0 fully saturated rings. The zero-order chi connectivity index (χ0) is 12.8. The summed E-state index contributed by atoms with van der Waals surface area (Å²) in [6, 6.07) is 7.39. The summed E-state index contributed by atoms with van der Waals surface area (Å²) in [6.45, 7) is 8.62. The summed E-state index contributed by atoms with van der Waals surface area (Å²) in [6.07, 6.45) is 0. The molecule has 0 N–H and O–H groups in total. The van der Waals surface area contributed by atoms with Gasteiger partial charge in [-0.25, -0.2) is 4.79 Å². The number of hydrogen-bond donors (Lipinski definition) is 0. The Morgan fingerprint density at radius 1 is 1.12 bits per heavy atom. The van der Waals surface area contributed by atoms with Gasteiger partial charge in [0.2, 0.25) is 0 Å². The summed E-state index contributed by atoms with van der Waals surface area (Å²) < 4.78 is 0. The van der Waals surface area contributed by atoms with Crippen LogP contribution in [0.3, 0.4) is 0 Å². The summed E-state index contributed by atoms with van der Waals surface area (Å²) in [5, 5.41) is 0. The van der Waals surface area contributed by atoms with E-state index in [1.165, 1.54) is 5.56 Å². The van der Waals surface area contributed by atoms with Gasteiger partial charge in [0.1, 0.15) is 0 Å². The van der Waals surface area contributed by atoms with Gasteiger partial charge in [0.25, 0.3) is 0 Å². The maximum Gasteiger partial charge on any atom is 0.373 e. The van der Waals surface area contributed by atoms with Crippen LogP contribution in [0.15, 0.2) is 24.3 Å². The third-order valence-electron chi connectivity index (χ3n) is 2.35. The van der Waals surface area contributed by atoms with E-state index >= 15 is 0 Å². The maximum absolute atomic E-state index is 11.6. The summed E-state index contributed by atoms with van der Waals surface area (Å²) in [7, 11) is 0. The highest BCUT2D eigenvalue weighted by Gasteiger charge is 2.09. The minimum atomic E-state index is -0.444. The second kappa shape index (κ2) is 6.40. The average molecular weight is 236 g/mol. The van der Waals surface area contributed by atoms with Crippen molar-refractivity contribution in [3.8, 4) is 0 Å². The fourth-order valence-electron chi connectivity index (χ4n) is 1.28. The van der Waals surface area contributed by atoms with E-state index in [1.54, 1.807) is 12.1 Å². The molecule has 0 atom stereocenters. The highest BCUT2D eigenvalue weighted by Crippen LogP contribution is 2.15. The van der Waals surface area contributed by atoms with Crippen LogP contribution in [-0.4, -0.2) is 12.6 Å². The van der Waals surface area contributed by atoms with Gasteiger partial charge < -0.3 is 0 Å². The molecule has 0 aliphatic carbocycles. The summed E-state index contributed by atoms with van der Waals surface area (Å²) in [5.41, 5.74) is 1.71. The van der Waals surface area contributed by atoms with Crippen LogP contribution < -0.4 is 0 Å². The summed E-state index contributed by atoms with van der Waals surface area (Å²) in [4.78, 5) is 21.1. The lowest BCUT2D eigenvalue weighted by Crippen LogP contribution is -2.09. The van der Waals surface area contributed by atoms with Crippen molar-refractivity contribution in [2.45, 2.75) is 33.6 Å². The highest BCUT2D eigenvalue weighted by molar-refractivity contribution is 5.88. The first-order valence-electron chi connectivity index (χ1n) is 5.94. The molecule has 0 bridgehead atoms. The van der Waals surface area contributed by atoms with E-state index in [-0.39, 0.29) is 0 Å². The SMILES string of the molecule is CC(C)COOC(=O)c1ccc(C(C)C)cc1. The maximum atomic E-state index is 11.6. The van der Waals surface area contributed by atoms with E-state index in [2.05, 4.69) is 13.8 Å². The van der Waals surface area contributed by atoms with Crippen LogP contribution in [-0.2, 0) is 9.78 Å². The van der Waals surface area contributed by atoms with Crippen molar-refractivity contribution in [1.29, 1.82) is 0 Å². The predicted molar refractivity (Wildman–Crippen MR) is 66.7 cm³/mol. The summed E-state index contributed by atoms with van der Waals surface area (Å²) >= 11 is 0. The molecule has 0 unspecified atom stereocenters. The molecule has 17 heavy (non-hydrogen) atoms. The van der Waals surface area contributed by atoms with Crippen LogP contribution in [0.2, 0.25) is 0 Å². The lowest BCUT2D eigenvalue weighted by molar-refractivity contribution is -0.246. The minimum Gasteiger partial charge on any atom is -0.293 e. The van der Waals surface area contributed by atoms with Crippen LogP contribution in [0.5, 0.6) is 0 Å². The molecular formula is C14H20O3. The first-order chi connectivity index (χ1) is 8.00. The predicted octanol–water partition coefficient (Wildman–Crippen LogP) is 3.55. The van der Waals surface area contributed by atoms with Crippen LogP contribution >= 0.6 is 0 Å². The van der Waals surface area contributed by atoms with Gasteiger partial charge in [0.05, 0.1) is 12.2 Å². The molecule has 1 aromatic rings. The Kier molecular flexibility index (Phi) is 5.16. The van der Waals surface area contributed by atoms with Gasteiger partial charge in [-0.05, 0) is 29.5 Å². The Hall–Kier alpha value is -1.35. The van der Waals surface area contributed by atoms with E-state index < -0.39 is 5.97 Å². The second-order valence-electron chi connectivity index (χ2n) is 4.83. The van der Waals surface area contributed by atoms with Gasteiger partial charge in [0.15, 0.2) is 0 Å². The zero-order valence-corrected chi connectivity index (χ0v) is 10.9.